The van der Waals surface area contributed by atoms with Crippen LogP contribution in [-0.4, -0.2) is 18.6 Å². The summed E-state index contributed by atoms with van der Waals surface area (Å²) < 4.78 is 27.3. The minimum atomic E-state index is -3.70. The highest BCUT2D eigenvalue weighted by molar-refractivity contribution is 7.94. The molecular formula is C16H15ClN4O2S2. The van der Waals surface area contributed by atoms with E-state index >= 15 is 0 Å². The Labute approximate surface area is 154 Å². The lowest BCUT2D eigenvalue weighted by atomic mass is 10.1. The van der Waals surface area contributed by atoms with Gasteiger partial charge in [0.25, 0.3) is 10.0 Å². The number of nitrogens with zero attached hydrogens (tertiary/aromatic N) is 2. The van der Waals surface area contributed by atoms with Crippen molar-refractivity contribution in [2.24, 2.45) is 0 Å². The van der Waals surface area contributed by atoms with Crippen molar-refractivity contribution in [3.8, 4) is 0 Å². The molecule has 1 aromatic carbocycles. The van der Waals surface area contributed by atoms with Crippen LogP contribution in [0.3, 0.4) is 0 Å². The fourth-order valence-corrected chi connectivity index (χ4v) is 4.49. The molecule has 0 bridgehead atoms. The summed E-state index contributed by atoms with van der Waals surface area (Å²) in [7, 11) is -3.70. The van der Waals surface area contributed by atoms with Crippen LogP contribution in [0.5, 0.6) is 0 Å². The lowest BCUT2D eigenvalue weighted by molar-refractivity contribution is 0.603. The summed E-state index contributed by atoms with van der Waals surface area (Å²) in [5, 5.41) is 11.0. The minimum Gasteiger partial charge on any atom is -0.365 e. The zero-order chi connectivity index (χ0) is 17.9. The maximum atomic E-state index is 12.2. The van der Waals surface area contributed by atoms with Gasteiger partial charge in [-0.1, -0.05) is 41.4 Å². The molecule has 0 aliphatic carbocycles. The summed E-state index contributed by atoms with van der Waals surface area (Å²) >= 11 is 6.75. The van der Waals surface area contributed by atoms with Crippen LogP contribution < -0.4 is 10.0 Å². The average Bonchev–Trinajstić information content (AvgIpc) is 3.03. The molecule has 0 aliphatic rings. The van der Waals surface area contributed by atoms with Gasteiger partial charge >= 0.3 is 0 Å². The van der Waals surface area contributed by atoms with Gasteiger partial charge in [-0.2, -0.15) is 0 Å². The van der Waals surface area contributed by atoms with Crippen LogP contribution in [-0.2, 0) is 16.6 Å². The number of hydrogen-bond donors (Lipinski definition) is 2. The van der Waals surface area contributed by atoms with E-state index in [1.165, 1.54) is 17.7 Å². The SMILES string of the molecule is Cc1ccc(CNc2ccc(NS(=O)(=O)c3ccc(Cl)s3)nn2)cc1. The van der Waals surface area contributed by atoms with Crippen LogP contribution in [0.15, 0.2) is 52.7 Å². The molecule has 0 aliphatic heterocycles. The van der Waals surface area contributed by atoms with Crippen LogP contribution in [0.25, 0.3) is 0 Å². The molecule has 25 heavy (non-hydrogen) atoms. The molecule has 9 heteroatoms. The van der Waals surface area contributed by atoms with Gasteiger partial charge in [0.15, 0.2) is 5.82 Å². The van der Waals surface area contributed by atoms with Gasteiger partial charge in [-0.15, -0.1) is 21.5 Å². The predicted molar refractivity (Wildman–Crippen MR) is 101 cm³/mol. The number of aromatic nitrogens is 2. The third-order valence-corrected chi connectivity index (χ3v) is 6.39. The van der Waals surface area contributed by atoms with Gasteiger partial charge in [0.1, 0.15) is 10.0 Å². The molecule has 0 spiro atoms. The molecule has 0 fully saturated rings. The molecule has 6 nitrogen and oxygen atoms in total. The number of thiophene rings is 1. The lowest BCUT2D eigenvalue weighted by Gasteiger charge is -2.07. The Balaban J connectivity index is 1.63. The Morgan fingerprint density at radius 2 is 1.68 bits per heavy atom. The Hall–Kier alpha value is -2.16. The molecule has 0 unspecified atom stereocenters. The Morgan fingerprint density at radius 3 is 2.28 bits per heavy atom. The van der Waals surface area contributed by atoms with E-state index in [0.29, 0.717) is 16.7 Å². The van der Waals surface area contributed by atoms with E-state index in [2.05, 4.69) is 20.2 Å². The molecule has 3 aromatic rings. The maximum Gasteiger partial charge on any atom is 0.272 e. The Kier molecular flexibility index (Phi) is 5.22. The highest BCUT2D eigenvalue weighted by atomic mass is 35.5. The Morgan fingerprint density at radius 1 is 1.00 bits per heavy atom. The van der Waals surface area contributed by atoms with E-state index in [9.17, 15) is 8.42 Å². The van der Waals surface area contributed by atoms with Crippen molar-refractivity contribution in [3.05, 3.63) is 64.0 Å². The number of hydrogen-bond acceptors (Lipinski definition) is 6. The number of aryl methyl sites for hydroxylation is 1. The van der Waals surface area contributed by atoms with Crippen molar-refractivity contribution >= 4 is 44.6 Å². The van der Waals surface area contributed by atoms with Crippen molar-refractivity contribution in [2.45, 2.75) is 17.7 Å². The molecule has 130 valence electrons. The third-order valence-electron chi connectivity index (χ3n) is 3.31. The van der Waals surface area contributed by atoms with Gasteiger partial charge in [-0.3, -0.25) is 4.72 Å². The summed E-state index contributed by atoms with van der Waals surface area (Å²) in [6, 6.07) is 14.3. The first-order chi connectivity index (χ1) is 11.9. The van der Waals surface area contributed by atoms with E-state index in [0.717, 1.165) is 16.9 Å². The number of halogens is 1. The molecule has 0 atom stereocenters. The molecule has 0 radical (unpaired) electrons. The third kappa shape index (κ3) is 4.68. The molecule has 2 aromatic heterocycles. The molecule has 2 N–H and O–H groups in total. The van der Waals surface area contributed by atoms with Crippen molar-refractivity contribution in [1.82, 2.24) is 10.2 Å². The predicted octanol–water partition coefficient (Wildman–Crippen LogP) is 3.91. The van der Waals surface area contributed by atoms with Crippen LogP contribution in [0.4, 0.5) is 11.6 Å². The monoisotopic (exact) mass is 394 g/mol. The van der Waals surface area contributed by atoms with Gasteiger partial charge in [0.05, 0.1) is 4.34 Å². The normalized spacial score (nSPS) is 11.3. The van der Waals surface area contributed by atoms with Crippen LogP contribution in [0, 0.1) is 6.92 Å². The first kappa shape index (κ1) is 17.7. The highest BCUT2D eigenvalue weighted by Gasteiger charge is 2.17. The second-order valence-electron chi connectivity index (χ2n) is 5.31. The Bertz CT molecular complexity index is 955. The number of nitrogens with one attached hydrogen (secondary N) is 2. The number of anilines is 2. The average molecular weight is 395 g/mol. The quantitative estimate of drug-likeness (QED) is 0.662. The van der Waals surface area contributed by atoms with Crippen LogP contribution in [0.2, 0.25) is 4.34 Å². The van der Waals surface area contributed by atoms with E-state index in [4.69, 9.17) is 11.6 Å². The van der Waals surface area contributed by atoms with Crippen molar-refractivity contribution in [3.63, 3.8) is 0 Å². The van der Waals surface area contributed by atoms with Gasteiger partial charge in [-0.05, 0) is 36.8 Å². The summed E-state index contributed by atoms with van der Waals surface area (Å²) in [5.74, 6) is 0.702. The van der Waals surface area contributed by atoms with E-state index in [1.54, 1.807) is 12.1 Å². The highest BCUT2D eigenvalue weighted by Crippen LogP contribution is 2.26. The van der Waals surface area contributed by atoms with Gasteiger partial charge < -0.3 is 5.32 Å². The smallest absolute Gasteiger partial charge is 0.272 e. The number of sulfonamides is 1. The minimum absolute atomic E-state index is 0.126. The van der Waals surface area contributed by atoms with E-state index in [1.807, 2.05) is 31.2 Å². The van der Waals surface area contributed by atoms with Gasteiger partial charge in [0, 0.05) is 6.54 Å². The topological polar surface area (TPSA) is 84.0 Å². The number of rotatable bonds is 6. The molecule has 3 rings (SSSR count). The summed E-state index contributed by atoms with van der Waals surface area (Å²) in [6.45, 7) is 2.64. The second-order valence-corrected chi connectivity index (χ2v) is 8.93. The molecular weight excluding hydrogens is 380 g/mol. The first-order valence-electron chi connectivity index (χ1n) is 7.34. The van der Waals surface area contributed by atoms with Crippen LogP contribution in [0.1, 0.15) is 11.1 Å². The largest absolute Gasteiger partial charge is 0.365 e. The standard InChI is InChI=1S/C16H15ClN4O2S2/c1-11-2-4-12(5-3-11)10-18-14-7-8-15(20-19-14)21-25(22,23)16-9-6-13(17)24-16/h2-9H,10H2,1H3,(H,18,19)(H,20,21). The first-order valence-corrected chi connectivity index (χ1v) is 10.0. The molecule has 0 saturated carbocycles. The molecule has 0 saturated heterocycles. The molecule has 0 amide bonds. The summed E-state index contributed by atoms with van der Waals surface area (Å²) in [5.41, 5.74) is 2.32. The van der Waals surface area contributed by atoms with E-state index in [-0.39, 0.29) is 10.0 Å². The van der Waals surface area contributed by atoms with Crippen LogP contribution >= 0.6 is 22.9 Å². The lowest BCUT2D eigenvalue weighted by Crippen LogP contribution is -2.13. The van der Waals surface area contributed by atoms with Gasteiger partial charge in [0.2, 0.25) is 0 Å². The summed E-state index contributed by atoms with van der Waals surface area (Å²) in [4.78, 5) is 0. The zero-order valence-electron chi connectivity index (χ0n) is 13.2. The van der Waals surface area contributed by atoms with Crippen molar-refractivity contribution < 1.29 is 8.42 Å². The van der Waals surface area contributed by atoms with Gasteiger partial charge in [-0.25, -0.2) is 8.42 Å². The van der Waals surface area contributed by atoms with Crippen molar-refractivity contribution in [2.75, 3.05) is 10.0 Å². The zero-order valence-corrected chi connectivity index (χ0v) is 15.6. The summed E-state index contributed by atoms with van der Waals surface area (Å²) in [6.07, 6.45) is 0. The fraction of sp³-hybridized carbons (Fsp3) is 0.125. The van der Waals surface area contributed by atoms with E-state index < -0.39 is 10.0 Å². The second kappa shape index (κ2) is 7.38. The van der Waals surface area contributed by atoms with Crippen molar-refractivity contribution in [1.29, 1.82) is 0 Å². The number of benzene rings is 1. The fourth-order valence-electron chi connectivity index (χ4n) is 2.01. The maximum absolute atomic E-state index is 12.2. The molecule has 2 heterocycles.